The molecule has 0 bridgehead atoms. The zero-order chi connectivity index (χ0) is 20.0. The number of benzene rings is 1. The number of methoxy groups -OCH3 is 3. The van der Waals surface area contributed by atoms with Crippen LogP contribution in [0.3, 0.4) is 0 Å². The average molecular weight is 378 g/mol. The quantitative estimate of drug-likeness (QED) is 0.527. The molecular formula is C18H22N2O7. The van der Waals surface area contributed by atoms with Crippen molar-refractivity contribution in [1.82, 2.24) is 5.32 Å². The molecule has 1 aromatic heterocycles. The Kier molecular flexibility index (Phi) is 6.64. The molecule has 146 valence electrons. The van der Waals surface area contributed by atoms with Crippen LogP contribution in [0, 0.1) is 10.1 Å². The van der Waals surface area contributed by atoms with E-state index < -0.39 is 16.5 Å². The summed E-state index contributed by atoms with van der Waals surface area (Å²) < 4.78 is 20.7. The van der Waals surface area contributed by atoms with Crippen LogP contribution in [0.5, 0.6) is 17.2 Å². The molecule has 27 heavy (non-hydrogen) atoms. The number of carbonyl (C=O) groups is 1. The number of rotatable bonds is 9. The van der Waals surface area contributed by atoms with Crippen LogP contribution < -0.4 is 19.5 Å². The summed E-state index contributed by atoms with van der Waals surface area (Å²) in [6, 6.07) is 4.67. The van der Waals surface area contributed by atoms with Gasteiger partial charge in [0.05, 0.1) is 32.5 Å². The van der Waals surface area contributed by atoms with Crippen molar-refractivity contribution in [3.63, 3.8) is 0 Å². The number of ether oxygens (including phenoxy) is 3. The van der Waals surface area contributed by atoms with Crippen LogP contribution >= 0.6 is 0 Å². The number of furan rings is 1. The highest BCUT2D eigenvalue weighted by Crippen LogP contribution is 2.46. The molecule has 1 atom stereocenters. The molecule has 0 saturated carbocycles. The molecule has 0 aliphatic rings. The summed E-state index contributed by atoms with van der Waals surface area (Å²) in [7, 11) is 3.97. The lowest BCUT2D eigenvalue weighted by molar-refractivity contribution is -0.386. The van der Waals surface area contributed by atoms with Gasteiger partial charge in [-0.25, -0.2) is 0 Å². The molecule has 9 nitrogen and oxygen atoms in total. The largest absolute Gasteiger partial charge is 0.493 e. The summed E-state index contributed by atoms with van der Waals surface area (Å²) in [6.07, 6.45) is 2.82. The molecule has 0 fully saturated rings. The van der Waals surface area contributed by atoms with Crippen molar-refractivity contribution < 1.29 is 28.3 Å². The lowest BCUT2D eigenvalue weighted by atomic mass is 10.1. The maximum atomic E-state index is 12.7. The lowest BCUT2D eigenvalue weighted by Crippen LogP contribution is -2.33. The van der Waals surface area contributed by atoms with Gasteiger partial charge in [0.2, 0.25) is 11.5 Å². The summed E-state index contributed by atoms with van der Waals surface area (Å²) in [6.45, 7) is 1.81. The van der Waals surface area contributed by atoms with E-state index in [1.54, 1.807) is 12.3 Å². The lowest BCUT2D eigenvalue weighted by Gasteiger charge is -2.17. The Morgan fingerprint density at radius 2 is 1.96 bits per heavy atom. The topological polar surface area (TPSA) is 113 Å². The zero-order valence-corrected chi connectivity index (χ0v) is 15.6. The third-order valence-corrected chi connectivity index (χ3v) is 4.01. The first-order valence-corrected chi connectivity index (χ1v) is 8.23. The van der Waals surface area contributed by atoms with Gasteiger partial charge in [-0.15, -0.1) is 0 Å². The van der Waals surface area contributed by atoms with Gasteiger partial charge in [0.15, 0.2) is 5.75 Å². The first-order chi connectivity index (χ1) is 12.9. The molecular weight excluding hydrogens is 356 g/mol. The average Bonchev–Trinajstić information content (AvgIpc) is 3.17. The summed E-state index contributed by atoms with van der Waals surface area (Å²) >= 11 is 0. The molecule has 0 aliphatic heterocycles. The van der Waals surface area contributed by atoms with Crippen LogP contribution in [-0.4, -0.2) is 38.2 Å². The van der Waals surface area contributed by atoms with Crippen molar-refractivity contribution in [2.45, 2.75) is 25.8 Å². The van der Waals surface area contributed by atoms with E-state index in [4.69, 9.17) is 18.6 Å². The SMILES string of the molecule is COc1cc(C(=O)NC(C)CCc2ccco2)c([N+](=O)[O-])c(OC)c1OC. The number of nitrogens with zero attached hydrogens (tertiary/aromatic N) is 1. The van der Waals surface area contributed by atoms with Gasteiger partial charge in [-0.2, -0.15) is 0 Å². The van der Waals surface area contributed by atoms with Gasteiger partial charge in [-0.3, -0.25) is 14.9 Å². The zero-order valence-electron chi connectivity index (χ0n) is 15.6. The van der Waals surface area contributed by atoms with Gasteiger partial charge in [0.25, 0.3) is 5.91 Å². The van der Waals surface area contributed by atoms with Gasteiger partial charge in [0, 0.05) is 18.5 Å². The van der Waals surface area contributed by atoms with Gasteiger partial charge < -0.3 is 23.9 Å². The fourth-order valence-corrected chi connectivity index (χ4v) is 2.68. The molecule has 1 unspecified atom stereocenters. The number of hydrogen-bond donors (Lipinski definition) is 1. The third kappa shape index (κ3) is 4.49. The minimum absolute atomic E-state index is 0.0501. The number of nitro benzene ring substituents is 1. The van der Waals surface area contributed by atoms with Gasteiger partial charge in [-0.1, -0.05) is 0 Å². The Morgan fingerprint density at radius 3 is 2.48 bits per heavy atom. The highest BCUT2D eigenvalue weighted by atomic mass is 16.6. The number of carbonyl (C=O) groups excluding carboxylic acids is 1. The molecule has 0 aliphatic carbocycles. The molecule has 1 N–H and O–H groups in total. The van der Waals surface area contributed by atoms with E-state index in [0.29, 0.717) is 12.8 Å². The summed E-state index contributed by atoms with van der Waals surface area (Å²) in [5.74, 6) is 0.237. The van der Waals surface area contributed by atoms with Gasteiger partial charge in [-0.05, 0) is 25.5 Å². The van der Waals surface area contributed by atoms with Gasteiger partial charge in [0.1, 0.15) is 11.3 Å². The fourth-order valence-electron chi connectivity index (χ4n) is 2.68. The van der Waals surface area contributed by atoms with E-state index >= 15 is 0 Å². The fraction of sp³-hybridized carbons (Fsp3) is 0.389. The van der Waals surface area contributed by atoms with Crippen molar-refractivity contribution in [1.29, 1.82) is 0 Å². The Morgan fingerprint density at radius 1 is 1.26 bits per heavy atom. The van der Waals surface area contributed by atoms with Crippen molar-refractivity contribution in [2.75, 3.05) is 21.3 Å². The maximum absolute atomic E-state index is 12.7. The molecule has 1 amide bonds. The number of nitrogens with one attached hydrogen (secondary N) is 1. The summed E-state index contributed by atoms with van der Waals surface area (Å²) in [5.41, 5.74) is -0.648. The molecule has 0 radical (unpaired) electrons. The number of aryl methyl sites for hydroxylation is 1. The van der Waals surface area contributed by atoms with E-state index in [1.807, 2.05) is 13.0 Å². The monoisotopic (exact) mass is 378 g/mol. The number of nitro groups is 1. The van der Waals surface area contributed by atoms with Gasteiger partial charge >= 0.3 is 5.69 Å². The van der Waals surface area contributed by atoms with E-state index in [0.717, 1.165) is 5.76 Å². The molecule has 1 aromatic carbocycles. The maximum Gasteiger partial charge on any atom is 0.327 e. The van der Waals surface area contributed by atoms with E-state index in [-0.39, 0.29) is 28.9 Å². The predicted octanol–water partition coefficient (Wildman–Crippen LogP) is 2.96. The van der Waals surface area contributed by atoms with Crippen LogP contribution in [0.1, 0.15) is 29.5 Å². The highest BCUT2D eigenvalue weighted by Gasteiger charge is 2.32. The first kappa shape index (κ1) is 20.1. The van der Waals surface area contributed by atoms with Crippen LogP contribution in [0.25, 0.3) is 0 Å². The minimum atomic E-state index is -0.677. The van der Waals surface area contributed by atoms with Crippen molar-refractivity contribution >= 4 is 11.6 Å². The smallest absolute Gasteiger partial charge is 0.327 e. The van der Waals surface area contributed by atoms with E-state index in [2.05, 4.69) is 5.32 Å². The van der Waals surface area contributed by atoms with Crippen molar-refractivity contribution in [3.8, 4) is 17.2 Å². The second kappa shape index (κ2) is 8.93. The van der Waals surface area contributed by atoms with Crippen LogP contribution in [0.4, 0.5) is 5.69 Å². The second-order valence-corrected chi connectivity index (χ2v) is 5.79. The second-order valence-electron chi connectivity index (χ2n) is 5.79. The predicted molar refractivity (Wildman–Crippen MR) is 96.7 cm³/mol. The Labute approximate surface area is 156 Å². The van der Waals surface area contributed by atoms with Crippen LogP contribution in [-0.2, 0) is 6.42 Å². The molecule has 2 rings (SSSR count). The van der Waals surface area contributed by atoms with E-state index in [9.17, 15) is 14.9 Å². The molecule has 0 spiro atoms. The Balaban J connectivity index is 2.29. The summed E-state index contributed by atoms with van der Waals surface area (Å²) in [4.78, 5) is 23.6. The van der Waals surface area contributed by atoms with E-state index in [1.165, 1.54) is 27.4 Å². The molecule has 0 saturated heterocycles. The first-order valence-electron chi connectivity index (χ1n) is 8.23. The van der Waals surface area contributed by atoms with Crippen molar-refractivity contribution in [2.24, 2.45) is 0 Å². The van der Waals surface area contributed by atoms with Crippen LogP contribution in [0.15, 0.2) is 28.9 Å². The number of amides is 1. The Hall–Kier alpha value is -3.23. The van der Waals surface area contributed by atoms with Crippen molar-refractivity contribution in [3.05, 3.63) is 45.9 Å². The highest BCUT2D eigenvalue weighted by molar-refractivity contribution is 6.00. The molecule has 9 heteroatoms. The minimum Gasteiger partial charge on any atom is -0.493 e. The molecule has 1 heterocycles. The normalized spacial score (nSPS) is 11.6. The molecule has 2 aromatic rings. The third-order valence-electron chi connectivity index (χ3n) is 4.01. The number of hydrogen-bond acceptors (Lipinski definition) is 7. The van der Waals surface area contributed by atoms with Crippen LogP contribution in [0.2, 0.25) is 0 Å². The Bertz CT molecular complexity index is 803. The summed E-state index contributed by atoms with van der Waals surface area (Å²) in [5, 5.41) is 14.3. The standard InChI is InChI=1S/C18H22N2O7/c1-11(7-8-12-6-5-9-27-12)19-18(21)13-10-14(24-2)16(25-3)17(26-4)15(13)20(22)23/h5-6,9-11H,7-8H2,1-4H3,(H,19,21).